The van der Waals surface area contributed by atoms with E-state index in [1.54, 1.807) is 35.9 Å². The van der Waals surface area contributed by atoms with Crippen LogP contribution in [0.4, 0.5) is 10.6 Å². The molecule has 12 nitrogen and oxygen atoms in total. The van der Waals surface area contributed by atoms with E-state index in [2.05, 4.69) is 15.2 Å². The standard InChI is InChI=1S/C27H39N9O3/c1-27(2,30)24(37)33-9-11-34(12-10-33)25(38)31-23-7-8-36(26(39)32-23)18-5-3-17(4-6-18)13-22(29)35-15-20-19(14-28)21(20)16-35/h3-8,19-22H,9-16,28-30H2,1-2H3,(H,31,32,38,39)/t19?,20?,21?,22-/m1/s1. The molecule has 0 spiro atoms. The Labute approximate surface area is 228 Å². The number of nitrogens with one attached hydrogen (secondary N) is 1. The highest BCUT2D eigenvalue weighted by atomic mass is 16.2. The first kappa shape index (κ1) is 27.3. The summed E-state index contributed by atoms with van der Waals surface area (Å²) in [6, 6.07) is 8.93. The number of carbonyl (C=O) groups excluding carboxylic acids is 2. The average Bonchev–Trinajstić information content (AvgIpc) is 3.38. The molecule has 39 heavy (non-hydrogen) atoms. The fourth-order valence-corrected chi connectivity index (χ4v) is 5.84. The van der Waals surface area contributed by atoms with Crippen molar-refractivity contribution in [3.63, 3.8) is 0 Å². The molecular weight excluding hydrogens is 498 g/mol. The Morgan fingerprint density at radius 3 is 2.23 bits per heavy atom. The van der Waals surface area contributed by atoms with Gasteiger partial charge in [-0.1, -0.05) is 12.1 Å². The number of carbonyl (C=O) groups is 2. The van der Waals surface area contributed by atoms with Crippen molar-refractivity contribution in [1.82, 2.24) is 24.3 Å². The van der Waals surface area contributed by atoms with Crippen molar-refractivity contribution in [1.29, 1.82) is 0 Å². The third kappa shape index (κ3) is 5.83. The normalized spacial score (nSPS) is 23.9. The molecule has 3 atom stereocenters. The lowest BCUT2D eigenvalue weighted by Crippen LogP contribution is -2.58. The Bertz CT molecular complexity index is 1250. The Balaban J connectivity index is 1.13. The molecule has 1 saturated carbocycles. The van der Waals surface area contributed by atoms with Gasteiger partial charge in [0.05, 0.1) is 17.4 Å². The van der Waals surface area contributed by atoms with Crippen molar-refractivity contribution in [2.75, 3.05) is 51.1 Å². The zero-order valence-electron chi connectivity index (χ0n) is 22.6. The van der Waals surface area contributed by atoms with Crippen LogP contribution in [0.1, 0.15) is 19.4 Å². The predicted octanol–water partition coefficient (Wildman–Crippen LogP) is -0.390. The second kappa shape index (κ2) is 10.7. The van der Waals surface area contributed by atoms with Gasteiger partial charge in [0.25, 0.3) is 0 Å². The SMILES string of the molecule is CC(C)(N)C(=O)N1CCN(C(=O)Nc2ccn(-c3ccc(C[C@H](N)N4CC5C(CN)C5C4)cc3)c(=O)n2)CC1. The molecule has 0 radical (unpaired) electrons. The summed E-state index contributed by atoms with van der Waals surface area (Å²) < 4.78 is 1.43. The zero-order valence-corrected chi connectivity index (χ0v) is 22.6. The molecule has 0 bridgehead atoms. The van der Waals surface area contributed by atoms with Gasteiger partial charge in [0.2, 0.25) is 5.91 Å². The van der Waals surface area contributed by atoms with Crippen molar-refractivity contribution in [3.05, 3.63) is 52.6 Å². The minimum Gasteiger partial charge on any atom is -0.338 e. The van der Waals surface area contributed by atoms with E-state index in [0.29, 0.717) is 49.6 Å². The van der Waals surface area contributed by atoms with E-state index in [1.807, 2.05) is 24.3 Å². The van der Waals surface area contributed by atoms with Crippen LogP contribution in [0.3, 0.4) is 0 Å². The molecule has 1 aromatic carbocycles. The number of hydrogen-bond acceptors (Lipinski definition) is 8. The van der Waals surface area contributed by atoms with Crippen LogP contribution < -0.4 is 28.2 Å². The summed E-state index contributed by atoms with van der Waals surface area (Å²) in [6.07, 6.45) is 2.29. The third-order valence-electron chi connectivity index (χ3n) is 8.24. The molecule has 1 aliphatic carbocycles. The minimum atomic E-state index is -0.950. The maximum atomic E-state index is 12.7. The Morgan fingerprint density at radius 1 is 1.05 bits per heavy atom. The van der Waals surface area contributed by atoms with Crippen LogP contribution >= 0.6 is 0 Å². The lowest BCUT2D eigenvalue weighted by Gasteiger charge is -2.37. The lowest BCUT2D eigenvalue weighted by atomic mass is 10.1. The van der Waals surface area contributed by atoms with Crippen LogP contribution in [-0.4, -0.2) is 93.7 Å². The van der Waals surface area contributed by atoms with Gasteiger partial charge >= 0.3 is 11.7 Å². The summed E-state index contributed by atoms with van der Waals surface area (Å²) in [4.78, 5) is 47.4. The van der Waals surface area contributed by atoms with Crippen LogP contribution in [0.2, 0.25) is 0 Å². The van der Waals surface area contributed by atoms with Crippen molar-refractivity contribution >= 4 is 17.8 Å². The molecule has 2 aromatic rings. The van der Waals surface area contributed by atoms with Gasteiger partial charge in [0.1, 0.15) is 5.82 Å². The summed E-state index contributed by atoms with van der Waals surface area (Å²) in [5.74, 6) is 2.12. The quantitative estimate of drug-likeness (QED) is 0.370. The van der Waals surface area contributed by atoms with Gasteiger partial charge in [-0.3, -0.25) is 19.6 Å². The lowest BCUT2D eigenvalue weighted by molar-refractivity contribution is -0.137. The van der Waals surface area contributed by atoms with Crippen LogP contribution in [-0.2, 0) is 11.2 Å². The molecule has 210 valence electrons. The summed E-state index contributed by atoms with van der Waals surface area (Å²) >= 11 is 0. The topological polar surface area (TPSA) is 169 Å². The number of likely N-dealkylation sites (tertiary alicyclic amines) is 1. The number of rotatable bonds is 7. The molecule has 5 rings (SSSR count). The summed E-state index contributed by atoms with van der Waals surface area (Å²) in [5.41, 5.74) is 18.5. The zero-order chi connectivity index (χ0) is 27.9. The Kier molecular flexibility index (Phi) is 7.47. The number of piperazine rings is 1. The molecule has 3 amide bonds. The monoisotopic (exact) mass is 537 g/mol. The number of nitrogens with zero attached hydrogens (tertiary/aromatic N) is 5. The number of aromatic nitrogens is 2. The number of amides is 3. The van der Waals surface area contributed by atoms with Crippen LogP contribution in [0, 0.1) is 17.8 Å². The highest BCUT2D eigenvalue weighted by Gasteiger charge is 2.55. The predicted molar refractivity (Wildman–Crippen MR) is 148 cm³/mol. The van der Waals surface area contributed by atoms with E-state index in [9.17, 15) is 14.4 Å². The van der Waals surface area contributed by atoms with E-state index in [-0.39, 0.29) is 23.9 Å². The molecule has 2 saturated heterocycles. The molecular formula is C27H39N9O3. The molecule has 3 fully saturated rings. The first-order valence-corrected chi connectivity index (χ1v) is 13.6. The average molecular weight is 538 g/mol. The second-order valence-corrected chi connectivity index (χ2v) is 11.5. The van der Waals surface area contributed by atoms with Gasteiger partial charge in [0, 0.05) is 51.9 Å². The summed E-state index contributed by atoms with van der Waals surface area (Å²) in [6.45, 7) is 7.70. The van der Waals surface area contributed by atoms with Crippen LogP contribution in [0.25, 0.3) is 5.69 Å². The molecule has 3 heterocycles. The number of benzene rings is 1. The Morgan fingerprint density at radius 2 is 1.67 bits per heavy atom. The smallest absolute Gasteiger partial charge is 0.338 e. The molecule has 7 N–H and O–H groups in total. The van der Waals surface area contributed by atoms with Crippen molar-refractivity contribution in [2.45, 2.75) is 32.0 Å². The van der Waals surface area contributed by atoms with Crippen LogP contribution in [0.15, 0.2) is 41.3 Å². The van der Waals surface area contributed by atoms with Gasteiger partial charge in [-0.05, 0) is 61.9 Å². The highest BCUT2D eigenvalue weighted by molar-refractivity contribution is 5.89. The van der Waals surface area contributed by atoms with Gasteiger partial charge in [-0.15, -0.1) is 0 Å². The fourth-order valence-electron chi connectivity index (χ4n) is 5.84. The second-order valence-electron chi connectivity index (χ2n) is 11.5. The van der Waals surface area contributed by atoms with E-state index < -0.39 is 11.2 Å². The van der Waals surface area contributed by atoms with Gasteiger partial charge in [0.15, 0.2) is 0 Å². The highest BCUT2D eigenvalue weighted by Crippen LogP contribution is 2.51. The fraction of sp³-hybridized carbons (Fsp3) is 0.556. The van der Waals surface area contributed by atoms with Crippen molar-refractivity contribution in [2.24, 2.45) is 35.0 Å². The number of fused-ring (bicyclic) bond motifs is 1. The molecule has 1 aromatic heterocycles. The van der Waals surface area contributed by atoms with Crippen molar-refractivity contribution < 1.29 is 9.59 Å². The number of nitrogens with two attached hydrogens (primary N) is 3. The van der Waals surface area contributed by atoms with Gasteiger partial charge in [-0.25, -0.2) is 9.59 Å². The molecule has 3 aliphatic rings. The minimum absolute atomic E-state index is 0.0367. The number of anilines is 1. The van der Waals surface area contributed by atoms with E-state index in [4.69, 9.17) is 17.2 Å². The number of hydrogen-bond donors (Lipinski definition) is 4. The third-order valence-corrected chi connectivity index (χ3v) is 8.24. The summed E-state index contributed by atoms with van der Waals surface area (Å²) in [7, 11) is 0. The van der Waals surface area contributed by atoms with E-state index >= 15 is 0 Å². The number of piperidine rings is 1. The van der Waals surface area contributed by atoms with Gasteiger partial charge < -0.3 is 27.0 Å². The number of urea groups is 1. The van der Waals surface area contributed by atoms with Gasteiger partial charge in [-0.2, -0.15) is 4.98 Å². The van der Waals surface area contributed by atoms with Crippen LogP contribution in [0.5, 0.6) is 0 Å². The summed E-state index contributed by atoms with van der Waals surface area (Å²) in [5, 5.41) is 2.68. The molecule has 12 heteroatoms. The first-order chi connectivity index (χ1) is 18.5. The Hall–Kier alpha value is -3.32. The van der Waals surface area contributed by atoms with Crippen molar-refractivity contribution in [3.8, 4) is 5.69 Å². The van der Waals surface area contributed by atoms with E-state index in [0.717, 1.165) is 31.6 Å². The maximum Gasteiger partial charge on any atom is 0.354 e. The molecule has 2 aliphatic heterocycles. The first-order valence-electron chi connectivity index (χ1n) is 13.6. The molecule has 2 unspecified atom stereocenters. The van der Waals surface area contributed by atoms with E-state index in [1.165, 1.54) is 4.57 Å². The maximum absolute atomic E-state index is 12.7. The largest absolute Gasteiger partial charge is 0.354 e.